The third-order valence-corrected chi connectivity index (χ3v) is 23.6. The van der Waals surface area contributed by atoms with Crippen LogP contribution in [-0.4, -0.2) is 191 Å². The fraction of sp³-hybridized carbons (Fsp3) is 0.441. The summed E-state index contributed by atoms with van der Waals surface area (Å²) in [5.41, 5.74) is 0.0823. The molecule has 0 unspecified atom stereocenters. The summed E-state index contributed by atoms with van der Waals surface area (Å²) in [6, 6.07) is -10.9. The molecule has 40 heteroatoms. The van der Waals surface area contributed by atoms with E-state index in [0.29, 0.717) is 0 Å². The molecule has 17 N–H and O–H groups in total. The van der Waals surface area contributed by atoms with E-state index >= 15 is 9.59 Å². The maximum Gasteiger partial charge on any atom is 0.357 e. The van der Waals surface area contributed by atoms with Gasteiger partial charge in [0.2, 0.25) is 29.5 Å². The Hall–Kier alpha value is -9.33. The molecule has 16 atom stereocenters. The van der Waals surface area contributed by atoms with Gasteiger partial charge in [0.25, 0.3) is 23.6 Å². The molecule has 0 fully saturated rings. The lowest BCUT2D eigenvalue weighted by Crippen LogP contribution is -2.57. The third kappa shape index (κ3) is 17.4. The van der Waals surface area contributed by atoms with Crippen LogP contribution in [0.1, 0.15) is 192 Å². The number of nitrogens with two attached hydrogens (primary N) is 1. The van der Waals surface area contributed by atoms with Gasteiger partial charge in [-0.15, -0.1) is 57.1 Å². The van der Waals surface area contributed by atoms with Crippen molar-refractivity contribution in [2.75, 3.05) is 5.75 Å². The van der Waals surface area contributed by atoms with Crippen LogP contribution in [0.3, 0.4) is 0 Å². The van der Waals surface area contributed by atoms with E-state index in [1.165, 1.54) is 76.7 Å². The summed E-state index contributed by atoms with van der Waals surface area (Å²) in [5, 5.41) is 91.4. The first-order valence-electron chi connectivity index (χ1n) is 33.8. The minimum atomic E-state index is -2.12. The second-order valence-electron chi connectivity index (χ2n) is 26.7. The lowest BCUT2D eigenvalue weighted by Gasteiger charge is -2.41. The van der Waals surface area contributed by atoms with Gasteiger partial charge in [0.15, 0.2) is 0 Å². The van der Waals surface area contributed by atoms with Crippen LogP contribution in [0.15, 0.2) is 80.0 Å². The van der Waals surface area contributed by atoms with Crippen LogP contribution in [0, 0.1) is 5.92 Å². The number of nitrogens with zero attached hydrogens (tertiary/aromatic N) is 7. The molecule has 5 aromatic rings. The van der Waals surface area contributed by atoms with Crippen molar-refractivity contribution in [2.24, 2.45) is 21.6 Å². The molecular formula is C68H80N18O16S6. The standard InChI is InChI=1S/C68H80N18O16S6/c1-13-35-61-79-41(21-104-61)57(97)85-50(67(12,101)32(11)89)64-81-43(23-107-64)60(103)84-46-31(10)102-65(100)38-18-34(29(8)87)33-14-15-36(48(90)47(33)75-38)74-44(24(2)3)58(98)73-27(6)53(93)71-26(5)52(92)72-28(7)54(94)86-68(66-82-42(22-108-66)56(96)83-45(30(9)88)59(99)77-35)17-16-37(76-49(68)39-19-106-63(46)78-39)62-80-40(20-105-62)55(95)70-25(4)51(69)91/h13-15,18-20,22-24,27-32,36,41,44-46,48-50,74,87-90,101H,4-5,16-17,21H2,1-3,6-12H3,(H2,69,91)(H,70,95)(H,71,93)(H,72,92)(H,73,98)(H,77,99)(H,83,96)(H,84,103)(H,85,97)(H,86,94)/t27-,28-,29+,30-,31-,32-,36+,41-,44-,45-,46+,48-,49+,50+,67-,68+/m0/s1. The minimum absolute atomic E-state index is 0.0286. The Kier molecular flexibility index (Phi) is 25.0. The first-order chi connectivity index (χ1) is 50.9. The zero-order valence-electron chi connectivity index (χ0n) is 59.7. The van der Waals surface area contributed by atoms with Crippen LogP contribution in [0.25, 0.3) is 6.08 Å². The molecule has 0 saturated heterocycles. The lowest BCUT2D eigenvalue weighted by molar-refractivity contribution is -0.131. The van der Waals surface area contributed by atoms with Crippen molar-refractivity contribution in [2.45, 2.75) is 178 Å². The van der Waals surface area contributed by atoms with Gasteiger partial charge in [-0.2, -0.15) is 0 Å². The Bertz CT molecular complexity index is 4610. The fourth-order valence-corrected chi connectivity index (χ4v) is 17.1. The number of thiazole rings is 4. The second-order valence-corrected chi connectivity index (χ2v) is 31.6. The topological polar surface area (TPSA) is 517 Å². The third-order valence-electron chi connectivity index (χ3n) is 18.4. The SMILES string of the molecule is C=C(NC(=O)c1csc(C2=N[C@@H]3c4csc(n4)[C@@H]4NC(=S)c5csc(n5)[C@H]([C@@](C)(O)[C@H](C)O)NC(=O)[C@@H]5CSC(=N5)C(=CC)NC(=O)[C@H]([C@H](C)O)NC(=O)c5csc(n5)[C@]3(CC2)NC(=O)[C@H](C)NC(=O)C(=C)NC(=O)[C@H](C)NC(=O)[C@H](C(C)C)N[C@@H]2C=Cc3c([C@@H](C)O)cc(nc3[C@H]2O)C(=O)O[C@H]4C)n1)C(N)=O. The number of hydrogen-bond donors (Lipinski definition) is 16. The van der Waals surface area contributed by atoms with Gasteiger partial charge in [-0.25, -0.2) is 29.7 Å². The number of amides is 9. The molecule has 0 spiro atoms. The molecule has 574 valence electrons. The molecule has 9 amide bonds. The number of aliphatic hydroxyl groups is 5. The van der Waals surface area contributed by atoms with Crippen LogP contribution in [-0.2, 0) is 43.8 Å². The van der Waals surface area contributed by atoms with E-state index in [2.05, 4.69) is 81.3 Å². The molecule has 34 nitrogen and oxygen atoms in total. The molecule has 0 radical (unpaired) electrons. The highest BCUT2D eigenvalue weighted by Crippen LogP contribution is 2.48. The number of cyclic esters (lactones) is 1. The average Bonchev–Trinajstić information content (AvgIpc) is 1.48. The molecule has 108 heavy (non-hydrogen) atoms. The van der Waals surface area contributed by atoms with Gasteiger partial charge in [-0.05, 0) is 85.8 Å². The van der Waals surface area contributed by atoms with E-state index in [1.807, 2.05) is 0 Å². The molecule has 10 rings (SSSR count). The summed E-state index contributed by atoms with van der Waals surface area (Å²) >= 11 is 11.0. The number of fused-ring (bicyclic) bond motifs is 7. The monoisotopic (exact) mass is 1600 g/mol. The predicted molar refractivity (Wildman–Crippen MR) is 404 cm³/mol. The largest absolute Gasteiger partial charge is 0.455 e. The van der Waals surface area contributed by atoms with Crippen LogP contribution in [0.5, 0.6) is 0 Å². The number of allylic oxidation sites excluding steroid dienone is 1. The normalized spacial score (nSPS) is 27.6. The number of aliphatic hydroxyl groups excluding tert-OH is 4. The number of esters is 1. The molecule has 13 bridgehead atoms. The van der Waals surface area contributed by atoms with E-state index in [-0.39, 0.29) is 99.7 Å². The number of thiocarbonyl (C=S) groups is 1. The Morgan fingerprint density at radius 2 is 1.50 bits per heavy atom. The van der Waals surface area contributed by atoms with Gasteiger partial charge >= 0.3 is 5.97 Å². The number of rotatable bonds is 9. The van der Waals surface area contributed by atoms with Crippen LogP contribution in [0.4, 0.5) is 0 Å². The number of carbonyl (C=O) groups is 10. The van der Waals surface area contributed by atoms with Crippen LogP contribution < -0.4 is 58.9 Å². The number of primary amides is 1. The maximum atomic E-state index is 15.3. The summed E-state index contributed by atoms with van der Waals surface area (Å²) in [7, 11) is 0. The van der Waals surface area contributed by atoms with Gasteiger partial charge in [0.05, 0.1) is 64.6 Å². The zero-order valence-corrected chi connectivity index (χ0v) is 64.6. The predicted octanol–water partition coefficient (Wildman–Crippen LogP) is 1.29. The Morgan fingerprint density at radius 1 is 0.796 bits per heavy atom. The maximum absolute atomic E-state index is 15.3. The van der Waals surface area contributed by atoms with Crippen molar-refractivity contribution in [3.05, 3.63) is 135 Å². The fourth-order valence-electron chi connectivity index (χ4n) is 11.9. The van der Waals surface area contributed by atoms with Crippen LogP contribution in [0.2, 0.25) is 0 Å². The minimum Gasteiger partial charge on any atom is -0.455 e. The number of hydrogen-bond acceptors (Lipinski definition) is 30. The van der Waals surface area contributed by atoms with E-state index in [1.54, 1.807) is 38.3 Å². The molecule has 0 aromatic carbocycles. The van der Waals surface area contributed by atoms with E-state index in [4.69, 9.17) is 42.6 Å². The lowest BCUT2D eigenvalue weighted by atomic mass is 9.80. The van der Waals surface area contributed by atoms with Crippen molar-refractivity contribution in [3.8, 4) is 0 Å². The molecule has 4 aliphatic heterocycles. The van der Waals surface area contributed by atoms with Crippen molar-refractivity contribution >= 4 is 150 Å². The van der Waals surface area contributed by atoms with E-state index in [9.17, 15) is 63.9 Å². The number of carbonyl (C=O) groups excluding carboxylic acids is 10. The Balaban J connectivity index is 1.18. The number of aliphatic imine (C=N–C) groups is 2. The van der Waals surface area contributed by atoms with E-state index < -0.39 is 178 Å². The number of thioether (sulfide) groups is 1. The first-order valence-corrected chi connectivity index (χ1v) is 38.7. The van der Waals surface area contributed by atoms with Gasteiger partial charge in [0, 0.05) is 32.8 Å². The summed E-state index contributed by atoms with van der Waals surface area (Å²) in [5.74, 6) is -9.65. The van der Waals surface area contributed by atoms with E-state index in [0.717, 1.165) is 57.1 Å². The van der Waals surface area contributed by atoms with Crippen molar-refractivity contribution in [1.82, 2.24) is 78.1 Å². The Labute approximate surface area is 643 Å². The molecular weight excluding hydrogens is 1520 g/mol. The molecule has 5 aromatic heterocycles. The van der Waals surface area contributed by atoms with Gasteiger partial charge in [-0.3, -0.25) is 58.5 Å². The van der Waals surface area contributed by atoms with Crippen molar-refractivity contribution < 1.29 is 78.2 Å². The second kappa shape index (κ2) is 33.3. The Morgan fingerprint density at radius 3 is 2.18 bits per heavy atom. The zero-order chi connectivity index (χ0) is 78.9. The number of aromatic nitrogens is 5. The number of ether oxygens (including phenoxy) is 1. The van der Waals surface area contributed by atoms with Crippen molar-refractivity contribution in [1.29, 1.82) is 0 Å². The number of pyridine rings is 1. The summed E-state index contributed by atoms with van der Waals surface area (Å²) in [6.45, 7) is 21.7. The molecule has 5 aliphatic rings. The quantitative estimate of drug-likeness (QED) is 0.0561. The highest BCUT2D eigenvalue weighted by Gasteiger charge is 2.51. The molecule has 0 saturated carbocycles. The summed E-state index contributed by atoms with van der Waals surface area (Å²) in [4.78, 5) is 175. The molecule has 1 aliphatic carbocycles. The summed E-state index contributed by atoms with van der Waals surface area (Å²) < 4.78 is 6.33. The highest BCUT2D eigenvalue weighted by atomic mass is 32.2. The first kappa shape index (κ1) is 81.2. The van der Waals surface area contributed by atoms with Gasteiger partial charge in [0.1, 0.15) is 118 Å². The van der Waals surface area contributed by atoms with Crippen LogP contribution >= 0.6 is 69.3 Å². The summed E-state index contributed by atoms with van der Waals surface area (Å²) in [6.07, 6.45) is -3.03. The smallest absolute Gasteiger partial charge is 0.357 e. The van der Waals surface area contributed by atoms with Crippen molar-refractivity contribution in [3.63, 3.8) is 0 Å². The number of nitrogens with one attached hydrogen (secondary N) is 10. The average molecular weight is 1600 g/mol. The van der Waals surface area contributed by atoms with Gasteiger partial charge in [-0.1, -0.05) is 57.5 Å². The van der Waals surface area contributed by atoms with Gasteiger partial charge < -0.3 is 83.9 Å². The highest BCUT2D eigenvalue weighted by molar-refractivity contribution is 8.14. The molecule has 9 heterocycles.